The summed E-state index contributed by atoms with van der Waals surface area (Å²) >= 11 is 0. The van der Waals surface area contributed by atoms with E-state index < -0.39 is 35.4 Å². The average Bonchev–Trinajstić information content (AvgIpc) is 3.79. The Balaban J connectivity index is 1.24. The van der Waals surface area contributed by atoms with E-state index in [9.17, 15) is 19.8 Å². The second-order valence-electron chi connectivity index (χ2n) is 12.1. The van der Waals surface area contributed by atoms with Crippen LogP contribution < -0.4 is 4.74 Å². The highest BCUT2D eigenvalue weighted by Gasteiger charge is 2.83. The van der Waals surface area contributed by atoms with E-state index in [1.54, 1.807) is 30.3 Å². The number of hydrogen-bond donors (Lipinski definition) is 2. The first-order chi connectivity index (χ1) is 17.4. The third kappa shape index (κ3) is 2.05. The minimum Gasteiger partial charge on any atom is -0.504 e. The van der Waals surface area contributed by atoms with Crippen molar-refractivity contribution in [3.05, 3.63) is 58.7 Å². The van der Waals surface area contributed by atoms with Crippen molar-refractivity contribution < 1.29 is 29.3 Å². The normalized spacial score (nSPS) is 42.5. The van der Waals surface area contributed by atoms with Gasteiger partial charge < -0.3 is 19.7 Å². The molecule has 7 heteroatoms. The Kier molecular flexibility index (Phi) is 3.44. The summed E-state index contributed by atoms with van der Waals surface area (Å²) < 4.78 is 12.9. The molecule has 2 bridgehead atoms. The molecule has 9 rings (SSSR count). The molecule has 8 atom stereocenters. The molecule has 3 heterocycles. The number of ether oxygens (including phenoxy) is 2. The lowest BCUT2D eigenvalue weighted by molar-refractivity contribution is -0.190. The number of nitrogens with zero attached hydrogens (tertiary/aromatic N) is 1. The molecule has 7 nitrogen and oxygen atoms in total. The molecular weight excluding hydrogens is 458 g/mol. The highest BCUT2D eigenvalue weighted by molar-refractivity contribution is 6.21. The lowest BCUT2D eigenvalue weighted by atomic mass is 9.43. The van der Waals surface area contributed by atoms with Crippen LogP contribution in [0.4, 0.5) is 0 Å². The van der Waals surface area contributed by atoms with E-state index in [4.69, 9.17) is 9.47 Å². The lowest BCUT2D eigenvalue weighted by Gasteiger charge is -2.62. The number of hydrogen-bond acceptors (Lipinski definition) is 6. The maximum absolute atomic E-state index is 13.6. The van der Waals surface area contributed by atoms with Crippen molar-refractivity contribution >= 4 is 11.8 Å². The molecule has 184 valence electrons. The van der Waals surface area contributed by atoms with E-state index in [0.717, 1.165) is 36.3 Å². The molecule has 2 aromatic carbocycles. The number of epoxide rings is 1. The minimum absolute atomic E-state index is 0.0269. The molecule has 3 unspecified atom stereocenters. The molecule has 4 fully saturated rings. The number of carbonyl (C=O) groups is 2. The molecule has 7 aliphatic rings. The number of imide groups is 1. The van der Waals surface area contributed by atoms with Gasteiger partial charge >= 0.3 is 0 Å². The van der Waals surface area contributed by atoms with Crippen LogP contribution in [-0.2, 0) is 16.6 Å². The summed E-state index contributed by atoms with van der Waals surface area (Å²) in [5.74, 6) is 0.975. The van der Waals surface area contributed by atoms with E-state index in [1.165, 1.54) is 17.7 Å². The number of carbonyl (C=O) groups excluding carboxylic acids is 2. The van der Waals surface area contributed by atoms with Gasteiger partial charge in [0.05, 0.1) is 16.5 Å². The number of phenols is 1. The Labute approximate surface area is 208 Å². The zero-order chi connectivity index (χ0) is 24.1. The summed E-state index contributed by atoms with van der Waals surface area (Å²) in [4.78, 5) is 28.5. The monoisotopic (exact) mass is 485 g/mol. The van der Waals surface area contributed by atoms with Gasteiger partial charge in [0.15, 0.2) is 11.5 Å². The van der Waals surface area contributed by atoms with Crippen LogP contribution in [0.25, 0.3) is 0 Å². The Morgan fingerprint density at radius 1 is 1.00 bits per heavy atom. The Bertz CT molecular complexity index is 1370. The van der Waals surface area contributed by atoms with Crippen LogP contribution in [0.1, 0.15) is 63.9 Å². The van der Waals surface area contributed by atoms with Crippen LogP contribution in [-0.4, -0.2) is 56.9 Å². The summed E-state index contributed by atoms with van der Waals surface area (Å²) in [6.45, 7) is 0. The van der Waals surface area contributed by atoms with Crippen LogP contribution in [0.15, 0.2) is 36.4 Å². The van der Waals surface area contributed by atoms with Crippen LogP contribution in [0, 0.1) is 17.8 Å². The molecule has 4 aliphatic carbocycles. The number of benzene rings is 2. The number of fused-ring (bicyclic) bond motifs is 2. The molecule has 2 aromatic rings. The van der Waals surface area contributed by atoms with Crippen molar-refractivity contribution in [2.24, 2.45) is 17.8 Å². The summed E-state index contributed by atoms with van der Waals surface area (Å²) in [6.07, 6.45) is 4.47. The van der Waals surface area contributed by atoms with Gasteiger partial charge in [-0.05, 0) is 67.2 Å². The van der Waals surface area contributed by atoms with Crippen molar-refractivity contribution in [1.82, 2.24) is 4.90 Å². The molecule has 1 saturated heterocycles. The molecular formula is C29H27NO6. The maximum Gasteiger partial charge on any atom is 0.262 e. The van der Waals surface area contributed by atoms with Crippen molar-refractivity contribution in [3.63, 3.8) is 0 Å². The average molecular weight is 486 g/mol. The number of phenolic OH excluding ortho intramolecular Hbond substituents is 1. The molecule has 3 aliphatic heterocycles. The molecule has 3 saturated carbocycles. The van der Waals surface area contributed by atoms with Crippen LogP contribution >= 0.6 is 0 Å². The van der Waals surface area contributed by atoms with E-state index in [-0.39, 0.29) is 23.5 Å². The standard InChI is InChI=1S/C29H27NO6/c31-19-8-7-15-12-18-14(11-13-5-6-13)9-10-28-20(15)22(19)35-24(28)21(23-25(36-23)29(18,28)34)30-26(32)16-3-1-2-4-17(16)27(30)33/h1-4,7-8,13-14,18,21,23-25,31,34H,5-6,9-12H2/t14?,18-,21-,23-,24?,25?,28+,29+/m1/s1. The third-order valence-corrected chi connectivity index (χ3v) is 10.7. The van der Waals surface area contributed by atoms with E-state index >= 15 is 0 Å². The topological polar surface area (TPSA) is 99.6 Å². The first-order valence-electron chi connectivity index (χ1n) is 13.3. The number of rotatable bonds is 3. The third-order valence-electron chi connectivity index (χ3n) is 10.7. The molecule has 2 N–H and O–H groups in total. The van der Waals surface area contributed by atoms with Crippen molar-refractivity contribution in [2.75, 3.05) is 0 Å². The predicted octanol–water partition coefficient (Wildman–Crippen LogP) is 2.95. The van der Waals surface area contributed by atoms with Gasteiger partial charge in [0.1, 0.15) is 30.0 Å². The summed E-state index contributed by atoms with van der Waals surface area (Å²) in [6, 6.07) is 9.90. The van der Waals surface area contributed by atoms with E-state index in [0.29, 0.717) is 29.2 Å². The van der Waals surface area contributed by atoms with Gasteiger partial charge in [-0.25, -0.2) is 0 Å². The highest BCUT2D eigenvalue weighted by Crippen LogP contribution is 2.72. The maximum atomic E-state index is 13.6. The number of aliphatic hydroxyl groups is 1. The van der Waals surface area contributed by atoms with Gasteiger partial charge in [-0.1, -0.05) is 31.0 Å². The first-order valence-corrected chi connectivity index (χ1v) is 13.3. The summed E-state index contributed by atoms with van der Waals surface area (Å²) in [5.41, 5.74) is 0.809. The van der Waals surface area contributed by atoms with Gasteiger partial charge in [0.25, 0.3) is 11.8 Å². The highest BCUT2D eigenvalue weighted by atomic mass is 16.6. The smallest absolute Gasteiger partial charge is 0.262 e. The van der Waals surface area contributed by atoms with E-state index in [1.807, 2.05) is 6.07 Å². The Morgan fingerprint density at radius 3 is 2.47 bits per heavy atom. The Hall–Kier alpha value is -2.90. The van der Waals surface area contributed by atoms with Gasteiger partial charge in [-0.15, -0.1) is 0 Å². The fourth-order valence-corrected chi connectivity index (χ4v) is 9.08. The fraction of sp³-hybridized carbons (Fsp3) is 0.517. The van der Waals surface area contributed by atoms with Crippen LogP contribution in [0.3, 0.4) is 0 Å². The quantitative estimate of drug-likeness (QED) is 0.512. The fourth-order valence-electron chi connectivity index (χ4n) is 9.08. The second kappa shape index (κ2) is 6.14. The molecule has 0 radical (unpaired) electrons. The van der Waals surface area contributed by atoms with Crippen molar-refractivity contribution in [2.45, 2.75) is 73.9 Å². The van der Waals surface area contributed by atoms with Crippen LogP contribution in [0.5, 0.6) is 11.5 Å². The zero-order valence-corrected chi connectivity index (χ0v) is 19.7. The largest absolute Gasteiger partial charge is 0.504 e. The Morgan fingerprint density at radius 2 is 1.75 bits per heavy atom. The zero-order valence-electron chi connectivity index (χ0n) is 19.7. The molecule has 1 spiro atoms. The van der Waals surface area contributed by atoms with Gasteiger partial charge in [0.2, 0.25) is 0 Å². The first kappa shape index (κ1) is 20.2. The van der Waals surface area contributed by atoms with Gasteiger partial charge in [0, 0.05) is 5.56 Å². The number of amides is 2. The van der Waals surface area contributed by atoms with Gasteiger partial charge in [-0.2, -0.15) is 0 Å². The summed E-state index contributed by atoms with van der Waals surface area (Å²) in [5, 5.41) is 23.7. The SMILES string of the molecule is O=C1c2ccccc2C(=O)N1[C@H]1C2Oc3c(O)ccc4c3[C@@]23CCC(CC2CC2)[C@@H](C4)[C@]3(O)C2O[C@@H]21. The molecule has 2 amide bonds. The number of aromatic hydroxyl groups is 1. The van der Waals surface area contributed by atoms with Crippen molar-refractivity contribution in [1.29, 1.82) is 0 Å². The molecule has 0 aromatic heterocycles. The molecule has 36 heavy (non-hydrogen) atoms. The summed E-state index contributed by atoms with van der Waals surface area (Å²) in [7, 11) is 0. The van der Waals surface area contributed by atoms with Gasteiger partial charge in [-0.3, -0.25) is 14.5 Å². The second-order valence-corrected chi connectivity index (χ2v) is 12.1. The van der Waals surface area contributed by atoms with E-state index in [2.05, 4.69) is 0 Å². The van der Waals surface area contributed by atoms with Crippen molar-refractivity contribution in [3.8, 4) is 11.5 Å². The minimum atomic E-state index is -1.15. The van der Waals surface area contributed by atoms with Crippen LogP contribution in [0.2, 0.25) is 0 Å². The lowest BCUT2D eigenvalue weighted by Crippen LogP contribution is -2.77. The predicted molar refractivity (Wildman–Crippen MR) is 126 cm³/mol.